The molecule has 0 aliphatic carbocycles. The third-order valence-electron chi connectivity index (χ3n) is 5.32. The second-order valence-corrected chi connectivity index (χ2v) is 7.03. The number of benzene rings is 2. The van der Waals surface area contributed by atoms with Gasteiger partial charge in [-0.15, -0.1) is 0 Å². The zero-order valence-electron chi connectivity index (χ0n) is 15.4. The van der Waals surface area contributed by atoms with Gasteiger partial charge in [0.25, 0.3) is 0 Å². The lowest BCUT2D eigenvalue weighted by Gasteiger charge is -2.39. The van der Waals surface area contributed by atoms with Crippen LogP contribution in [0.5, 0.6) is 0 Å². The van der Waals surface area contributed by atoms with Crippen LogP contribution in [-0.2, 0) is 0 Å². The SMILES string of the molecule is CCC1c2ccccc2N(c2ncccc2Nc2ccccc2)CC1C. The van der Waals surface area contributed by atoms with Gasteiger partial charge in [-0.25, -0.2) is 4.98 Å². The number of hydrogen-bond acceptors (Lipinski definition) is 3. The number of anilines is 4. The Labute approximate surface area is 155 Å². The highest BCUT2D eigenvalue weighted by Crippen LogP contribution is 2.44. The van der Waals surface area contributed by atoms with Crippen LogP contribution in [0.3, 0.4) is 0 Å². The number of fused-ring (bicyclic) bond motifs is 1. The van der Waals surface area contributed by atoms with Crippen LogP contribution in [0, 0.1) is 5.92 Å². The highest BCUT2D eigenvalue weighted by Gasteiger charge is 2.31. The summed E-state index contributed by atoms with van der Waals surface area (Å²) >= 11 is 0. The first-order chi connectivity index (χ1) is 12.8. The van der Waals surface area contributed by atoms with Gasteiger partial charge in [0.1, 0.15) is 0 Å². The van der Waals surface area contributed by atoms with Gasteiger partial charge in [-0.05, 0) is 54.2 Å². The molecular formula is C23H25N3. The summed E-state index contributed by atoms with van der Waals surface area (Å²) in [6, 6.07) is 23.2. The molecule has 0 bridgehead atoms. The Kier molecular flexibility index (Phi) is 4.61. The molecule has 0 spiro atoms. The monoisotopic (exact) mass is 343 g/mol. The van der Waals surface area contributed by atoms with Crippen molar-refractivity contribution >= 4 is 22.9 Å². The van der Waals surface area contributed by atoms with E-state index in [1.165, 1.54) is 17.7 Å². The molecule has 0 saturated heterocycles. The fourth-order valence-corrected chi connectivity index (χ4v) is 4.08. The summed E-state index contributed by atoms with van der Waals surface area (Å²) in [6.07, 6.45) is 3.05. The van der Waals surface area contributed by atoms with Gasteiger partial charge in [-0.2, -0.15) is 0 Å². The van der Waals surface area contributed by atoms with Crippen LogP contribution in [-0.4, -0.2) is 11.5 Å². The van der Waals surface area contributed by atoms with Crippen molar-refractivity contribution in [2.45, 2.75) is 26.2 Å². The predicted octanol–water partition coefficient (Wildman–Crippen LogP) is 6.11. The number of para-hydroxylation sites is 2. The maximum atomic E-state index is 4.75. The second-order valence-electron chi connectivity index (χ2n) is 7.03. The van der Waals surface area contributed by atoms with Crippen molar-refractivity contribution in [3.05, 3.63) is 78.5 Å². The normalized spacial score (nSPS) is 19.1. The van der Waals surface area contributed by atoms with Gasteiger partial charge >= 0.3 is 0 Å². The van der Waals surface area contributed by atoms with Crippen molar-refractivity contribution in [1.82, 2.24) is 4.98 Å². The molecule has 3 heteroatoms. The van der Waals surface area contributed by atoms with E-state index in [2.05, 4.69) is 66.5 Å². The van der Waals surface area contributed by atoms with E-state index in [0.717, 1.165) is 23.7 Å². The molecule has 3 nitrogen and oxygen atoms in total. The quantitative estimate of drug-likeness (QED) is 0.620. The van der Waals surface area contributed by atoms with Gasteiger partial charge in [0, 0.05) is 24.1 Å². The standard InChI is InChI=1S/C23H25N3/c1-3-19-17(2)16-26(22-14-8-7-12-20(19)22)23-21(13-9-15-24-23)25-18-10-5-4-6-11-18/h4-15,17,19,25H,3,16H2,1-2H3. The molecule has 2 heterocycles. The maximum absolute atomic E-state index is 4.75. The van der Waals surface area contributed by atoms with Crippen LogP contribution in [0.4, 0.5) is 22.9 Å². The summed E-state index contributed by atoms with van der Waals surface area (Å²) in [5, 5.41) is 3.54. The van der Waals surface area contributed by atoms with Crippen molar-refractivity contribution < 1.29 is 0 Å². The van der Waals surface area contributed by atoms with E-state index in [1.54, 1.807) is 0 Å². The van der Waals surface area contributed by atoms with Gasteiger partial charge in [0.05, 0.1) is 5.69 Å². The molecule has 0 fully saturated rings. The van der Waals surface area contributed by atoms with Crippen molar-refractivity contribution in [1.29, 1.82) is 0 Å². The highest BCUT2D eigenvalue weighted by molar-refractivity contribution is 5.78. The second kappa shape index (κ2) is 7.20. The molecule has 1 aliphatic heterocycles. The minimum Gasteiger partial charge on any atom is -0.352 e. The molecule has 4 rings (SSSR count). The largest absolute Gasteiger partial charge is 0.352 e. The van der Waals surface area contributed by atoms with Crippen LogP contribution in [0.15, 0.2) is 72.9 Å². The topological polar surface area (TPSA) is 28.2 Å². The van der Waals surface area contributed by atoms with Gasteiger partial charge in [0.2, 0.25) is 0 Å². The molecule has 0 saturated carbocycles. The summed E-state index contributed by atoms with van der Waals surface area (Å²) in [7, 11) is 0. The molecule has 1 aliphatic rings. The lowest BCUT2D eigenvalue weighted by Crippen LogP contribution is -2.34. The fourth-order valence-electron chi connectivity index (χ4n) is 4.08. The molecule has 0 amide bonds. The molecule has 26 heavy (non-hydrogen) atoms. The molecule has 1 N–H and O–H groups in total. The number of nitrogens with zero attached hydrogens (tertiary/aromatic N) is 2. The summed E-state index contributed by atoms with van der Waals surface area (Å²) in [5.41, 5.74) is 4.83. The van der Waals surface area contributed by atoms with Crippen molar-refractivity contribution in [2.24, 2.45) is 5.92 Å². The predicted molar refractivity (Wildman–Crippen MR) is 110 cm³/mol. The zero-order chi connectivity index (χ0) is 17.9. The molecule has 3 aromatic rings. The Morgan fingerprint density at radius 2 is 1.77 bits per heavy atom. The average Bonchev–Trinajstić information content (AvgIpc) is 2.69. The molecule has 0 radical (unpaired) electrons. The summed E-state index contributed by atoms with van der Waals surface area (Å²) in [4.78, 5) is 7.12. The minimum absolute atomic E-state index is 0.585. The third kappa shape index (κ3) is 3.05. The van der Waals surface area contributed by atoms with Gasteiger partial charge in [-0.1, -0.05) is 50.2 Å². The van der Waals surface area contributed by atoms with E-state index in [0.29, 0.717) is 11.8 Å². The molecule has 1 aromatic heterocycles. The maximum Gasteiger partial charge on any atom is 0.156 e. The van der Waals surface area contributed by atoms with Crippen LogP contribution >= 0.6 is 0 Å². The Morgan fingerprint density at radius 1 is 1.00 bits per heavy atom. The lowest BCUT2D eigenvalue weighted by molar-refractivity contribution is 0.435. The van der Waals surface area contributed by atoms with E-state index in [-0.39, 0.29) is 0 Å². The molecule has 132 valence electrons. The van der Waals surface area contributed by atoms with Crippen LogP contribution in [0.25, 0.3) is 0 Å². The van der Waals surface area contributed by atoms with E-state index >= 15 is 0 Å². The number of pyridine rings is 1. The molecular weight excluding hydrogens is 318 g/mol. The van der Waals surface area contributed by atoms with Crippen LogP contribution in [0.2, 0.25) is 0 Å². The number of hydrogen-bond donors (Lipinski definition) is 1. The highest BCUT2D eigenvalue weighted by atomic mass is 15.2. The minimum atomic E-state index is 0.585. The molecule has 2 atom stereocenters. The van der Waals surface area contributed by atoms with E-state index in [9.17, 15) is 0 Å². The van der Waals surface area contributed by atoms with E-state index in [4.69, 9.17) is 4.98 Å². The van der Waals surface area contributed by atoms with Crippen LogP contribution in [0.1, 0.15) is 31.7 Å². The molecule has 2 aromatic carbocycles. The zero-order valence-corrected chi connectivity index (χ0v) is 15.4. The lowest BCUT2D eigenvalue weighted by atomic mass is 9.80. The van der Waals surface area contributed by atoms with Crippen molar-refractivity contribution in [3.63, 3.8) is 0 Å². The average molecular weight is 343 g/mol. The number of aromatic nitrogens is 1. The fraction of sp³-hybridized carbons (Fsp3) is 0.261. The van der Waals surface area contributed by atoms with E-state index < -0.39 is 0 Å². The Morgan fingerprint density at radius 3 is 2.58 bits per heavy atom. The number of rotatable bonds is 4. The third-order valence-corrected chi connectivity index (χ3v) is 5.32. The van der Waals surface area contributed by atoms with Gasteiger partial charge in [0.15, 0.2) is 5.82 Å². The Balaban J connectivity index is 1.76. The first-order valence-electron chi connectivity index (χ1n) is 9.41. The summed E-state index contributed by atoms with van der Waals surface area (Å²) < 4.78 is 0. The first kappa shape index (κ1) is 16.6. The van der Waals surface area contributed by atoms with Crippen LogP contribution < -0.4 is 10.2 Å². The Bertz CT molecular complexity index is 875. The Hall–Kier alpha value is -2.81. The summed E-state index contributed by atoms with van der Waals surface area (Å²) in [6.45, 7) is 5.62. The van der Waals surface area contributed by atoms with E-state index in [1.807, 2.05) is 30.5 Å². The van der Waals surface area contributed by atoms with Crippen molar-refractivity contribution in [3.8, 4) is 0 Å². The van der Waals surface area contributed by atoms with Crippen molar-refractivity contribution in [2.75, 3.05) is 16.8 Å². The van der Waals surface area contributed by atoms with Gasteiger partial charge in [-0.3, -0.25) is 0 Å². The smallest absolute Gasteiger partial charge is 0.156 e. The van der Waals surface area contributed by atoms with Gasteiger partial charge < -0.3 is 10.2 Å². The first-order valence-corrected chi connectivity index (χ1v) is 9.41. The number of nitrogens with one attached hydrogen (secondary N) is 1. The molecule has 2 unspecified atom stereocenters. The summed E-state index contributed by atoms with van der Waals surface area (Å²) in [5.74, 6) is 2.18.